The van der Waals surface area contributed by atoms with Crippen LogP contribution >= 0.6 is 0 Å². The third-order valence-corrected chi connectivity index (χ3v) is 2.44. The number of rotatable bonds is 3. The van der Waals surface area contributed by atoms with E-state index in [-0.39, 0.29) is 12.5 Å². The Morgan fingerprint density at radius 3 is 2.31 bits per heavy atom. The van der Waals surface area contributed by atoms with E-state index in [1.807, 2.05) is 4.90 Å². The number of hydrogen-bond acceptors (Lipinski definition) is 2. The number of piperazine rings is 1. The first-order valence-electron chi connectivity index (χ1n) is 4.80. The Bertz CT molecular complexity index is 165. The van der Waals surface area contributed by atoms with E-state index in [1.54, 1.807) is 6.92 Å². The predicted octanol–water partition coefficient (Wildman–Crippen LogP) is -0.0289. The molecule has 1 amide bonds. The van der Waals surface area contributed by atoms with Crippen LogP contribution in [0.4, 0.5) is 0 Å². The molecule has 0 aromatic carbocycles. The van der Waals surface area contributed by atoms with Crippen molar-refractivity contribution in [2.75, 3.05) is 39.3 Å². The summed E-state index contributed by atoms with van der Waals surface area (Å²) in [4.78, 5) is 15.1. The summed E-state index contributed by atoms with van der Waals surface area (Å²) in [6.45, 7) is 5.96. The van der Waals surface area contributed by atoms with Crippen LogP contribution in [-0.4, -0.2) is 55.0 Å². The fraction of sp³-hybridized carbons (Fsp3) is 0.889. The van der Waals surface area contributed by atoms with Gasteiger partial charge in [-0.25, -0.2) is 5.11 Å². The van der Waals surface area contributed by atoms with E-state index >= 15 is 0 Å². The molecule has 0 saturated carbocycles. The molecule has 0 aromatic rings. The third-order valence-electron chi connectivity index (χ3n) is 2.44. The van der Waals surface area contributed by atoms with Gasteiger partial charge < -0.3 is 4.90 Å². The van der Waals surface area contributed by atoms with Crippen LogP contribution in [0.1, 0.15) is 13.3 Å². The number of carbonyl (C=O) groups is 1. The highest BCUT2D eigenvalue weighted by atomic mass is 16.3. The van der Waals surface area contributed by atoms with Gasteiger partial charge >= 0.3 is 0 Å². The Morgan fingerprint density at radius 1 is 1.23 bits per heavy atom. The molecule has 1 fully saturated rings. The van der Waals surface area contributed by atoms with Crippen molar-refractivity contribution in [3.8, 4) is 0 Å². The van der Waals surface area contributed by atoms with Crippen LogP contribution in [0.15, 0.2) is 0 Å². The van der Waals surface area contributed by atoms with Crippen LogP contribution in [0.25, 0.3) is 0 Å². The first-order valence-corrected chi connectivity index (χ1v) is 4.80. The topological polar surface area (TPSA) is 43.5 Å². The monoisotopic (exact) mass is 185 g/mol. The molecule has 0 atom stereocenters. The standard InChI is InChI=1S/C9H17N2O2/c1-9(13)11-6-4-10(5-7-11)3-2-8-12/h2-8H2,1H3. The lowest BCUT2D eigenvalue weighted by Gasteiger charge is -2.33. The van der Waals surface area contributed by atoms with E-state index in [0.29, 0.717) is 0 Å². The lowest BCUT2D eigenvalue weighted by Crippen LogP contribution is -2.48. The van der Waals surface area contributed by atoms with E-state index in [0.717, 1.165) is 39.1 Å². The van der Waals surface area contributed by atoms with Crippen LogP contribution < -0.4 is 0 Å². The number of nitrogens with zero attached hydrogens (tertiary/aromatic N) is 2. The largest absolute Gasteiger partial charge is 0.340 e. The van der Waals surface area contributed by atoms with Crippen molar-refractivity contribution >= 4 is 5.91 Å². The molecule has 1 aliphatic rings. The average molecular weight is 185 g/mol. The summed E-state index contributed by atoms with van der Waals surface area (Å²) in [6.07, 6.45) is 0.722. The summed E-state index contributed by atoms with van der Waals surface area (Å²) in [6, 6.07) is 0. The van der Waals surface area contributed by atoms with Gasteiger partial charge in [0.1, 0.15) is 0 Å². The Hall–Kier alpha value is -0.610. The van der Waals surface area contributed by atoms with E-state index < -0.39 is 0 Å². The van der Waals surface area contributed by atoms with Crippen LogP contribution in [0.5, 0.6) is 0 Å². The number of carbonyl (C=O) groups excluding carboxylic acids is 1. The normalized spacial score (nSPS) is 19.1. The van der Waals surface area contributed by atoms with Gasteiger partial charge in [-0.15, -0.1) is 0 Å². The number of hydrogen-bond donors (Lipinski definition) is 0. The van der Waals surface area contributed by atoms with Gasteiger partial charge in [0.2, 0.25) is 5.91 Å². The van der Waals surface area contributed by atoms with E-state index in [4.69, 9.17) is 0 Å². The van der Waals surface area contributed by atoms with Crippen molar-refractivity contribution in [1.82, 2.24) is 9.80 Å². The molecule has 0 unspecified atom stereocenters. The second-order valence-electron chi connectivity index (χ2n) is 3.41. The summed E-state index contributed by atoms with van der Waals surface area (Å²) in [5.74, 6) is 0.156. The fourth-order valence-electron chi connectivity index (χ4n) is 1.57. The molecular weight excluding hydrogens is 168 g/mol. The SMILES string of the molecule is CC(=O)N1CCN(CCC[O])CC1. The molecule has 1 radical (unpaired) electrons. The van der Waals surface area contributed by atoms with Crippen molar-refractivity contribution < 1.29 is 9.90 Å². The second-order valence-corrected chi connectivity index (χ2v) is 3.41. The van der Waals surface area contributed by atoms with Gasteiger partial charge in [-0.05, 0) is 6.42 Å². The molecule has 13 heavy (non-hydrogen) atoms. The molecule has 0 aromatic heterocycles. The zero-order valence-electron chi connectivity index (χ0n) is 8.16. The van der Waals surface area contributed by atoms with Crippen LogP contribution in [0.3, 0.4) is 0 Å². The summed E-state index contributed by atoms with van der Waals surface area (Å²) >= 11 is 0. The molecule has 1 heterocycles. The molecule has 4 nitrogen and oxygen atoms in total. The average Bonchev–Trinajstić information content (AvgIpc) is 2.15. The van der Waals surface area contributed by atoms with E-state index in [9.17, 15) is 9.90 Å². The molecular formula is C9H17N2O2. The molecule has 0 aliphatic carbocycles. The summed E-state index contributed by atoms with van der Waals surface area (Å²) in [5.41, 5.74) is 0. The fourth-order valence-corrected chi connectivity index (χ4v) is 1.57. The maximum absolute atomic E-state index is 11.0. The van der Waals surface area contributed by atoms with Crippen molar-refractivity contribution in [2.45, 2.75) is 13.3 Å². The predicted molar refractivity (Wildman–Crippen MR) is 48.9 cm³/mol. The van der Waals surface area contributed by atoms with Gasteiger partial charge in [-0.1, -0.05) is 0 Å². The van der Waals surface area contributed by atoms with Gasteiger partial charge in [-0.2, -0.15) is 0 Å². The molecule has 4 heteroatoms. The van der Waals surface area contributed by atoms with Crippen molar-refractivity contribution in [2.24, 2.45) is 0 Å². The van der Waals surface area contributed by atoms with Gasteiger partial charge in [0, 0.05) is 39.6 Å². The Labute approximate surface area is 79.1 Å². The van der Waals surface area contributed by atoms with Gasteiger partial charge in [-0.3, -0.25) is 9.69 Å². The Morgan fingerprint density at radius 2 is 1.85 bits per heavy atom. The highest BCUT2D eigenvalue weighted by Crippen LogP contribution is 2.02. The van der Waals surface area contributed by atoms with Gasteiger partial charge in [0.25, 0.3) is 0 Å². The maximum Gasteiger partial charge on any atom is 0.219 e. The molecule has 0 N–H and O–H groups in total. The highest BCUT2D eigenvalue weighted by Gasteiger charge is 2.17. The minimum Gasteiger partial charge on any atom is -0.340 e. The van der Waals surface area contributed by atoms with Gasteiger partial charge in [0.05, 0.1) is 6.61 Å². The second kappa shape index (κ2) is 5.19. The molecule has 1 rings (SSSR count). The van der Waals surface area contributed by atoms with Crippen LogP contribution in [0.2, 0.25) is 0 Å². The molecule has 1 aliphatic heterocycles. The minimum absolute atomic E-state index is 0.00687. The molecule has 75 valence electrons. The molecule has 0 spiro atoms. The maximum atomic E-state index is 11.0. The first-order chi connectivity index (χ1) is 6.24. The third kappa shape index (κ3) is 3.32. The Balaban J connectivity index is 2.18. The number of amides is 1. The Kier molecular flexibility index (Phi) is 4.18. The summed E-state index contributed by atoms with van der Waals surface area (Å²) < 4.78 is 0. The lowest BCUT2D eigenvalue weighted by molar-refractivity contribution is -0.130. The van der Waals surface area contributed by atoms with Crippen molar-refractivity contribution in [1.29, 1.82) is 0 Å². The van der Waals surface area contributed by atoms with Gasteiger partial charge in [0.15, 0.2) is 0 Å². The molecule has 1 saturated heterocycles. The van der Waals surface area contributed by atoms with E-state index in [2.05, 4.69) is 4.90 Å². The zero-order chi connectivity index (χ0) is 9.68. The molecule has 0 bridgehead atoms. The van der Waals surface area contributed by atoms with Crippen molar-refractivity contribution in [3.05, 3.63) is 0 Å². The van der Waals surface area contributed by atoms with Crippen molar-refractivity contribution in [3.63, 3.8) is 0 Å². The van der Waals surface area contributed by atoms with E-state index in [1.165, 1.54) is 0 Å². The minimum atomic E-state index is 0.00687. The van der Waals surface area contributed by atoms with Crippen LogP contribution in [0, 0.1) is 0 Å². The quantitative estimate of drug-likeness (QED) is 0.619. The highest BCUT2D eigenvalue weighted by molar-refractivity contribution is 5.73. The lowest BCUT2D eigenvalue weighted by atomic mass is 10.3. The van der Waals surface area contributed by atoms with Crippen LogP contribution in [-0.2, 0) is 9.90 Å². The summed E-state index contributed by atoms with van der Waals surface area (Å²) in [7, 11) is 0. The zero-order valence-corrected chi connectivity index (χ0v) is 8.16. The smallest absolute Gasteiger partial charge is 0.219 e. The summed E-state index contributed by atoms with van der Waals surface area (Å²) in [5, 5.41) is 10.3. The first kappa shape index (κ1) is 10.5.